The minimum atomic E-state index is -3.48. The monoisotopic (exact) mass is 333 g/mol. The molecule has 0 amide bonds. The van der Waals surface area contributed by atoms with Crippen LogP contribution in [0.4, 0.5) is 0 Å². The van der Waals surface area contributed by atoms with Gasteiger partial charge in [0.1, 0.15) is 0 Å². The van der Waals surface area contributed by atoms with E-state index in [0.717, 1.165) is 32.2 Å². The van der Waals surface area contributed by atoms with E-state index in [1.807, 2.05) is 11.9 Å². The van der Waals surface area contributed by atoms with Gasteiger partial charge in [0.2, 0.25) is 0 Å². The molecule has 0 bridgehead atoms. The third kappa shape index (κ3) is 10.9. The lowest BCUT2D eigenvalue weighted by atomic mass is 10.2. The Morgan fingerprint density at radius 3 is 2.05 bits per heavy atom. The summed E-state index contributed by atoms with van der Waals surface area (Å²) < 4.78 is 29.9. The van der Waals surface area contributed by atoms with Crippen molar-refractivity contribution in [3.05, 3.63) is 0 Å². The van der Waals surface area contributed by atoms with E-state index in [4.69, 9.17) is 9.79 Å². The quantitative estimate of drug-likeness (QED) is 0.278. The molecule has 0 aromatic carbocycles. The van der Waals surface area contributed by atoms with Gasteiger partial charge in [-0.3, -0.25) is 18.2 Å². The van der Waals surface area contributed by atoms with Crippen molar-refractivity contribution in [1.82, 2.24) is 4.90 Å². The maximum Gasteiger partial charge on any atom is 0.320 e. The maximum atomic E-state index is 10.6. The van der Waals surface area contributed by atoms with E-state index >= 15 is 0 Å². The Morgan fingerprint density at radius 1 is 1.05 bits per heavy atom. The minimum absolute atomic E-state index is 0.203. The third-order valence-electron chi connectivity index (χ3n) is 2.70. The Kier molecular flexibility index (Phi) is 11.0. The molecule has 0 saturated carbocycles. The largest absolute Gasteiger partial charge is 0.343 e. The third-order valence-corrected chi connectivity index (χ3v) is 3.68. The summed E-state index contributed by atoms with van der Waals surface area (Å²) in [7, 11) is -5.15. The molecule has 3 N–H and O–H groups in total. The first kappa shape index (κ1) is 20.2. The summed E-state index contributed by atoms with van der Waals surface area (Å²) in [6, 6.07) is 0. The Hall–Kier alpha value is 0.220. The van der Waals surface area contributed by atoms with Crippen molar-refractivity contribution >= 4 is 16.5 Å². The second-order valence-electron chi connectivity index (χ2n) is 4.56. The number of aliphatic hydroxyl groups is 1. The molecule has 2 atom stereocenters. The second kappa shape index (κ2) is 10.9. The van der Waals surface area contributed by atoms with E-state index in [0.29, 0.717) is 6.54 Å². The molecule has 10 heteroatoms. The van der Waals surface area contributed by atoms with E-state index in [9.17, 15) is 14.2 Å². The van der Waals surface area contributed by atoms with Gasteiger partial charge < -0.3 is 19.8 Å². The minimum Gasteiger partial charge on any atom is -0.343 e. The fraction of sp³-hybridized carbons (Fsp3) is 1.00. The number of hydrogen-bond acceptors (Lipinski definition) is 6. The van der Waals surface area contributed by atoms with Crippen molar-refractivity contribution in [3.8, 4) is 0 Å². The van der Waals surface area contributed by atoms with E-state index in [-0.39, 0.29) is 6.42 Å². The van der Waals surface area contributed by atoms with Crippen LogP contribution in [-0.2, 0) is 18.2 Å². The summed E-state index contributed by atoms with van der Waals surface area (Å²) in [6.45, 7) is 3.21. The second-order valence-corrected chi connectivity index (χ2v) is 6.03. The fourth-order valence-corrected chi connectivity index (χ4v) is 2.56. The van der Waals surface area contributed by atoms with E-state index < -0.39 is 22.5 Å². The SMILES string of the molecule is CCCCCCN(C)CCC(O)(O[PH](=O)O)O[PH](=O)O. The zero-order chi connectivity index (χ0) is 15.6. The molecule has 122 valence electrons. The first-order valence-electron chi connectivity index (χ1n) is 6.54. The van der Waals surface area contributed by atoms with Crippen LogP contribution < -0.4 is 0 Å². The van der Waals surface area contributed by atoms with Crippen LogP contribution in [0.5, 0.6) is 0 Å². The molecule has 2 unspecified atom stereocenters. The van der Waals surface area contributed by atoms with Crippen molar-refractivity contribution in [2.75, 3.05) is 20.1 Å². The zero-order valence-electron chi connectivity index (χ0n) is 11.9. The van der Waals surface area contributed by atoms with Crippen LogP contribution in [0.25, 0.3) is 0 Å². The summed E-state index contributed by atoms with van der Waals surface area (Å²) in [5.41, 5.74) is 0. The molecule has 0 aliphatic heterocycles. The van der Waals surface area contributed by atoms with Crippen molar-refractivity contribution in [2.45, 2.75) is 45.0 Å². The first-order valence-corrected chi connectivity index (χ1v) is 9.06. The number of unbranched alkanes of at least 4 members (excludes halogenated alkanes) is 3. The smallest absolute Gasteiger partial charge is 0.320 e. The zero-order valence-corrected chi connectivity index (χ0v) is 13.9. The summed E-state index contributed by atoms with van der Waals surface area (Å²) in [6.07, 6.45) is 4.19. The highest BCUT2D eigenvalue weighted by Gasteiger charge is 2.33. The van der Waals surface area contributed by atoms with E-state index in [1.165, 1.54) is 0 Å². The molecule has 0 saturated heterocycles. The van der Waals surface area contributed by atoms with Crippen LogP contribution >= 0.6 is 16.5 Å². The van der Waals surface area contributed by atoms with Gasteiger partial charge in [0, 0.05) is 13.0 Å². The summed E-state index contributed by atoms with van der Waals surface area (Å²) in [5.74, 6) is -2.51. The molecule has 0 aliphatic carbocycles. The van der Waals surface area contributed by atoms with Crippen LogP contribution in [0, 0.1) is 0 Å². The normalized spacial score (nSPS) is 17.9. The predicted molar refractivity (Wildman–Crippen MR) is 75.8 cm³/mol. The maximum absolute atomic E-state index is 10.6. The first-order chi connectivity index (χ1) is 9.29. The highest BCUT2D eigenvalue weighted by atomic mass is 31.1. The lowest BCUT2D eigenvalue weighted by Crippen LogP contribution is -2.36. The van der Waals surface area contributed by atoms with Gasteiger partial charge in [0.05, 0.1) is 0 Å². The summed E-state index contributed by atoms with van der Waals surface area (Å²) in [4.78, 5) is 19.2. The van der Waals surface area contributed by atoms with Gasteiger partial charge in [-0.15, -0.1) is 0 Å². The van der Waals surface area contributed by atoms with Crippen LogP contribution in [0.15, 0.2) is 0 Å². The van der Waals surface area contributed by atoms with Gasteiger partial charge >= 0.3 is 16.5 Å². The average Bonchev–Trinajstić information content (AvgIpc) is 2.30. The molecular weight excluding hydrogens is 308 g/mol. The molecule has 8 nitrogen and oxygen atoms in total. The lowest BCUT2D eigenvalue weighted by molar-refractivity contribution is -0.277. The summed E-state index contributed by atoms with van der Waals surface area (Å²) >= 11 is 0. The lowest BCUT2D eigenvalue weighted by Gasteiger charge is -2.27. The molecule has 0 aliphatic rings. The van der Waals surface area contributed by atoms with Gasteiger partial charge in [-0.2, -0.15) is 0 Å². The highest BCUT2D eigenvalue weighted by molar-refractivity contribution is 7.33. The average molecular weight is 333 g/mol. The molecule has 0 aromatic heterocycles. The van der Waals surface area contributed by atoms with Crippen LogP contribution in [0.2, 0.25) is 0 Å². The van der Waals surface area contributed by atoms with Crippen molar-refractivity contribution < 1.29 is 33.1 Å². The Morgan fingerprint density at radius 2 is 1.60 bits per heavy atom. The van der Waals surface area contributed by atoms with Gasteiger partial charge in [-0.1, -0.05) is 26.2 Å². The van der Waals surface area contributed by atoms with Crippen molar-refractivity contribution in [2.24, 2.45) is 0 Å². The number of nitrogens with zero attached hydrogens (tertiary/aromatic N) is 1. The molecule has 0 spiro atoms. The van der Waals surface area contributed by atoms with Crippen LogP contribution in [0.3, 0.4) is 0 Å². The topological polar surface area (TPSA) is 117 Å². The summed E-state index contributed by atoms with van der Waals surface area (Å²) in [5, 5.41) is 9.77. The Balaban J connectivity index is 4.17. The molecule has 0 heterocycles. The molecule has 0 fully saturated rings. The highest BCUT2D eigenvalue weighted by Crippen LogP contribution is 2.34. The molecule has 20 heavy (non-hydrogen) atoms. The molecule has 0 aromatic rings. The standard InChI is InChI=1S/C10H25NO7P2/c1-3-4-5-6-8-11(2)9-7-10(12,17-19(13)14)18-20(15)16/h12,19-20H,3-9H2,1-2H3,(H,13,14)(H,15,16). The molecular formula is C10H25NO7P2. The van der Waals surface area contributed by atoms with Crippen LogP contribution in [0.1, 0.15) is 39.0 Å². The van der Waals surface area contributed by atoms with E-state index in [2.05, 4.69) is 16.0 Å². The Labute approximate surface area is 120 Å². The number of rotatable bonds is 12. The molecule has 0 radical (unpaired) electrons. The predicted octanol–water partition coefficient (Wildman–Crippen LogP) is 1.33. The van der Waals surface area contributed by atoms with Crippen LogP contribution in [-0.4, -0.2) is 45.9 Å². The van der Waals surface area contributed by atoms with E-state index in [1.54, 1.807) is 0 Å². The van der Waals surface area contributed by atoms with Crippen molar-refractivity contribution in [3.63, 3.8) is 0 Å². The molecule has 0 rings (SSSR count). The van der Waals surface area contributed by atoms with Gasteiger partial charge in [-0.25, -0.2) is 0 Å². The Bertz CT molecular complexity index is 300. The van der Waals surface area contributed by atoms with Gasteiger partial charge in [0.15, 0.2) is 0 Å². The van der Waals surface area contributed by atoms with Gasteiger partial charge in [-0.05, 0) is 20.0 Å². The fourth-order valence-electron chi connectivity index (χ4n) is 1.65. The van der Waals surface area contributed by atoms with Crippen molar-refractivity contribution in [1.29, 1.82) is 0 Å². The van der Waals surface area contributed by atoms with Gasteiger partial charge in [0.25, 0.3) is 5.97 Å². The number of hydrogen-bond donors (Lipinski definition) is 3.